The van der Waals surface area contributed by atoms with Crippen LogP contribution in [-0.2, 0) is 4.79 Å². The molecular weight excluding hydrogens is 220 g/mol. The molecule has 0 aliphatic rings. The molecular formula is C12H22N2O3. The van der Waals surface area contributed by atoms with Crippen molar-refractivity contribution in [2.24, 2.45) is 5.92 Å². The maximum atomic E-state index is 11.3. The largest absolute Gasteiger partial charge is 0.481 e. The minimum Gasteiger partial charge on any atom is -0.481 e. The van der Waals surface area contributed by atoms with Gasteiger partial charge in [-0.3, -0.25) is 4.79 Å². The number of nitrogens with one attached hydrogen (secondary N) is 2. The summed E-state index contributed by atoms with van der Waals surface area (Å²) in [5, 5.41) is 13.9. The van der Waals surface area contributed by atoms with E-state index in [1.54, 1.807) is 0 Å². The van der Waals surface area contributed by atoms with Gasteiger partial charge in [0.05, 0.1) is 0 Å². The van der Waals surface area contributed by atoms with Crippen molar-refractivity contribution < 1.29 is 14.7 Å². The van der Waals surface area contributed by atoms with Crippen LogP contribution in [0, 0.1) is 5.92 Å². The van der Waals surface area contributed by atoms with Gasteiger partial charge in [0.25, 0.3) is 0 Å². The second-order valence-electron chi connectivity index (χ2n) is 4.03. The minimum atomic E-state index is -0.798. The summed E-state index contributed by atoms with van der Waals surface area (Å²) in [6, 6.07) is -0.198. The van der Waals surface area contributed by atoms with Crippen LogP contribution in [0.4, 0.5) is 4.79 Å². The van der Waals surface area contributed by atoms with Gasteiger partial charge in [-0.2, -0.15) is 0 Å². The van der Waals surface area contributed by atoms with Crippen LogP contribution in [0.25, 0.3) is 0 Å². The van der Waals surface area contributed by atoms with Crippen LogP contribution < -0.4 is 10.6 Å². The zero-order valence-corrected chi connectivity index (χ0v) is 10.5. The van der Waals surface area contributed by atoms with Gasteiger partial charge in [-0.25, -0.2) is 4.79 Å². The normalized spacial score (nSPS) is 12.4. The van der Waals surface area contributed by atoms with Crippen LogP contribution >= 0.6 is 0 Å². The molecule has 5 nitrogen and oxygen atoms in total. The number of carboxylic acid groups (broad SMARTS) is 1. The van der Waals surface area contributed by atoms with E-state index in [4.69, 9.17) is 5.11 Å². The molecule has 0 fully saturated rings. The molecule has 1 atom stereocenters. The Labute approximate surface area is 102 Å². The van der Waals surface area contributed by atoms with Crippen LogP contribution in [0.2, 0.25) is 0 Å². The number of carbonyl (C=O) groups is 2. The van der Waals surface area contributed by atoms with Gasteiger partial charge < -0.3 is 15.7 Å². The molecule has 0 aromatic rings. The molecule has 0 aromatic heterocycles. The number of allylic oxidation sites excluding steroid dienone is 1. The number of aliphatic carboxylic acids is 1. The lowest BCUT2D eigenvalue weighted by molar-refractivity contribution is -0.137. The van der Waals surface area contributed by atoms with Gasteiger partial charge in [-0.05, 0) is 25.7 Å². The highest BCUT2D eigenvalue weighted by Gasteiger charge is 2.06. The van der Waals surface area contributed by atoms with Crippen LogP contribution in [-0.4, -0.2) is 30.2 Å². The average molecular weight is 242 g/mol. The summed E-state index contributed by atoms with van der Waals surface area (Å²) in [6.07, 6.45) is 5.46. The summed E-state index contributed by atoms with van der Waals surface area (Å²) in [5.41, 5.74) is 0. The second-order valence-corrected chi connectivity index (χ2v) is 4.03. The van der Waals surface area contributed by atoms with Crippen molar-refractivity contribution in [3.63, 3.8) is 0 Å². The standard InChI is InChI=1S/C12H22N2O3/c1-3-4-5-8-13-12(17)14-9-10(2)6-7-11(15)16/h3-4,10H,5-9H2,1-2H3,(H,15,16)(H2,13,14,17)/b4-3+. The van der Waals surface area contributed by atoms with Crippen molar-refractivity contribution in [3.8, 4) is 0 Å². The van der Waals surface area contributed by atoms with E-state index in [9.17, 15) is 9.59 Å². The Kier molecular flexibility index (Phi) is 8.82. The molecule has 0 heterocycles. The molecule has 0 saturated heterocycles. The van der Waals surface area contributed by atoms with Gasteiger partial charge in [0.2, 0.25) is 0 Å². The first kappa shape index (κ1) is 15.5. The van der Waals surface area contributed by atoms with Crippen molar-refractivity contribution in [1.82, 2.24) is 10.6 Å². The fraction of sp³-hybridized carbons (Fsp3) is 0.667. The van der Waals surface area contributed by atoms with Gasteiger partial charge in [-0.1, -0.05) is 19.1 Å². The molecule has 17 heavy (non-hydrogen) atoms. The first-order valence-electron chi connectivity index (χ1n) is 5.91. The summed E-state index contributed by atoms with van der Waals surface area (Å²) in [4.78, 5) is 21.6. The fourth-order valence-corrected chi connectivity index (χ4v) is 1.24. The van der Waals surface area contributed by atoms with E-state index in [0.717, 1.165) is 6.42 Å². The number of carbonyl (C=O) groups excluding carboxylic acids is 1. The SMILES string of the molecule is C/C=C/CCNC(=O)NCC(C)CCC(=O)O. The van der Waals surface area contributed by atoms with E-state index in [-0.39, 0.29) is 18.4 Å². The molecule has 2 amide bonds. The number of hydrogen-bond acceptors (Lipinski definition) is 2. The van der Waals surface area contributed by atoms with Crippen LogP contribution in [0.5, 0.6) is 0 Å². The number of hydrogen-bond donors (Lipinski definition) is 3. The molecule has 0 aliphatic carbocycles. The molecule has 0 radical (unpaired) electrons. The maximum absolute atomic E-state index is 11.3. The Morgan fingerprint density at radius 3 is 2.65 bits per heavy atom. The van der Waals surface area contributed by atoms with Gasteiger partial charge in [0, 0.05) is 19.5 Å². The second kappa shape index (κ2) is 9.69. The van der Waals surface area contributed by atoms with Crippen molar-refractivity contribution in [3.05, 3.63) is 12.2 Å². The summed E-state index contributed by atoms with van der Waals surface area (Å²) >= 11 is 0. The van der Waals surface area contributed by atoms with Crippen LogP contribution in [0.3, 0.4) is 0 Å². The topological polar surface area (TPSA) is 78.4 Å². The quantitative estimate of drug-likeness (QED) is 0.448. The molecule has 1 unspecified atom stereocenters. The smallest absolute Gasteiger partial charge is 0.314 e. The molecule has 0 aliphatic heterocycles. The number of urea groups is 1. The van der Waals surface area contributed by atoms with Crippen molar-refractivity contribution in [1.29, 1.82) is 0 Å². The van der Waals surface area contributed by atoms with E-state index >= 15 is 0 Å². The number of carboxylic acids is 1. The first-order valence-corrected chi connectivity index (χ1v) is 5.91. The Balaban J connectivity index is 3.51. The molecule has 3 N–H and O–H groups in total. The third kappa shape index (κ3) is 10.8. The lowest BCUT2D eigenvalue weighted by Crippen LogP contribution is -2.38. The predicted octanol–water partition coefficient (Wildman–Crippen LogP) is 1.75. The molecule has 0 saturated carbocycles. The molecule has 98 valence electrons. The monoisotopic (exact) mass is 242 g/mol. The summed E-state index contributed by atoms with van der Waals surface area (Å²) in [7, 11) is 0. The highest BCUT2D eigenvalue weighted by molar-refractivity contribution is 5.73. The molecule has 0 bridgehead atoms. The van der Waals surface area contributed by atoms with E-state index in [0.29, 0.717) is 19.5 Å². The average Bonchev–Trinajstić information content (AvgIpc) is 2.29. The highest BCUT2D eigenvalue weighted by atomic mass is 16.4. The summed E-state index contributed by atoms with van der Waals surface area (Å²) < 4.78 is 0. The third-order valence-corrected chi connectivity index (χ3v) is 2.29. The third-order valence-electron chi connectivity index (χ3n) is 2.29. The lowest BCUT2D eigenvalue weighted by Gasteiger charge is -2.11. The predicted molar refractivity (Wildman–Crippen MR) is 66.9 cm³/mol. The molecule has 0 aromatic carbocycles. The first-order chi connectivity index (χ1) is 8.06. The Morgan fingerprint density at radius 2 is 2.06 bits per heavy atom. The lowest BCUT2D eigenvalue weighted by atomic mass is 10.1. The zero-order chi connectivity index (χ0) is 13.1. The Morgan fingerprint density at radius 1 is 1.35 bits per heavy atom. The summed E-state index contributed by atoms with van der Waals surface area (Å²) in [5.74, 6) is -0.625. The fourth-order valence-electron chi connectivity index (χ4n) is 1.24. The van der Waals surface area contributed by atoms with E-state index in [1.807, 2.05) is 26.0 Å². The van der Waals surface area contributed by atoms with Crippen molar-refractivity contribution in [2.45, 2.75) is 33.1 Å². The van der Waals surface area contributed by atoms with Gasteiger partial charge >= 0.3 is 12.0 Å². The number of amides is 2. The van der Waals surface area contributed by atoms with Crippen LogP contribution in [0.1, 0.15) is 33.1 Å². The van der Waals surface area contributed by atoms with Gasteiger partial charge in [0.1, 0.15) is 0 Å². The maximum Gasteiger partial charge on any atom is 0.314 e. The van der Waals surface area contributed by atoms with Gasteiger partial charge in [-0.15, -0.1) is 0 Å². The van der Waals surface area contributed by atoms with Crippen LogP contribution in [0.15, 0.2) is 12.2 Å². The minimum absolute atomic E-state index is 0.145. The molecule has 0 spiro atoms. The van der Waals surface area contributed by atoms with Gasteiger partial charge in [0.15, 0.2) is 0 Å². The summed E-state index contributed by atoms with van der Waals surface area (Å²) in [6.45, 7) is 4.97. The molecule has 5 heteroatoms. The molecule has 0 rings (SSSR count). The van der Waals surface area contributed by atoms with Crippen molar-refractivity contribution in [2.75, 3.05) is 13.1 Å². The number of rotatable bonds is 8. The Hall–Kier alpha value is -1.52. The Bertz CT molecular complexity index is 264. The van der Waals surface area contributed by atoms with Crippen molar-refractivity contribution >= 4 is 12.0 Å². The zero-order valence-electron chi connectivity index (χ0n) is 10.5. The van der Waals surface area contributed by atoms with E-state index in [2.05, 4.69) is 10.6 Å². The van der Waals surface area contributed by atoms with E-state index < -0.39 is 5.97 Å². The van der Waals surface area contributed by atoms with E-state index in [1.165, 1.54) is 0 Å². The highest BCUT2D eigenvalue weighted by Crippen LogP contribution is 2.03.